The van der Waals surface area contributed by atoms with E-state index in [2.05, 4.69) is 12.2 Å². The number of rotatable bonds is 4. The first-order valence-electron chi connectivity index (χ1n) is 8.29. The number of benzene rings is 1. The standard InChI is InChI=1S/C18H23FN2OS.ClH/c1-3-20-11-13-7-9-21(10-8-13)18(22)17-12(2)16-14(19)5-4-6-15(16)23-17;/h4-6,13,20H,3,7-11H2,1-2H3;1H. The zero-order valence-corrected chi connectivity index (χ0v) is 15.7. The smallest absolute Gasteiger partial charge is 0.264 e. The summed E-state index contributed by atoms with van der Waals surface area (Å²) in [6.45, 7) is 7.59. The highest BCUT2D eigenvalue weighted by molar-refractivity contribution is 7.21. The summed E-state index contributed by atoms with van der Waals surface area (Å²) < 4.78 is 14.9. The fourth-order valence-electron chi connectivity index (χ4n) is 3.29. The van der Waals surface area contributed by atoms with Gasteiger partial charge in [-0.2, -0.15) is 0 Å². The largest absolute Gasteiger partial charge is 0.338 e. The van der Waals surface area contributed by atoms with Crippen LogP contribution in [0.25, 0.3) is 10.1 Å². The van der Waals surface area contributed by atoms with Crippen molar-refractivity contribution in [1.82, 2.24) is 10.2 Å². The van der Waals surface area contributed by atoms with E-state index in [1.54, 1.807) is 6.07 Å². The number of nitrogens with zero attached hydrogens (tertiary/aromatic N) is 1. The molecule has 1 N–H and O–H groups in total. The second-order valence-corrected chi connectivity index (χ2v) is 7.26. The van der Waals surface area contributed by atoms with Crippen LogP contribution in [0.15, 0.2) is 18.2 Å². The molecule has 0 unspecified atom stereocenters. The van der Waals surface area contributed by atoms with Crippen molar-refractivity contribution in [2.24, 2.45) is 5.92 Å². The Kier molecular flexibility index (Phi) is 6.61. The van der Waals surface area contributed by atoms with Crippen LogP contribution >= 0.6 is 23.7 Å². The van der Waals surface area contributed by atoms with Gasteiger partial charge in [0.2, 0.25) is 0 Å². The molecule has 1 fully saturated rings. The number of fused-ring (bicyclic) bond motifs is 1. The molecule has 0 spiro atoms. The maximum absolute atomic E-state index is 14.0. The number of hydrogen-bond acceptors (Lipinski definition) is 3. The van der Waals surface area contributed by atoms with Crippen LogP contribution < -0.4 is 5.32 Å². The van der Waals surface area contributed by atoms with Gasteiger partial charge in [-0.05, 0) is 56.5 Å². The van der Waals surface area contributed by atoms with Crippen molar-refractivity contribution in [2.75, 3.05) is 26.2 Å². The second kappa shape index (κ2) is 8.28. The number of hydrogen-bond donors (Lipinski definition) is 1. The Morgan fingerprint density at radius 2 is 2.08 bits per heavy atom. The van der Waals surface area contributed by atoms with E-state index in [-0.39, 0.29) is 24.1 Å². The highest BCUT2D eigenvalue weighted by Gasteiger charge is 2.26. The second-order valence-electron chi connectivity index (χ2n) is 6.21. The Morgan fingerprint density at radius 1 is 1.38 bits per heavy atom. The van der Waals surface area contributed by atoms with Crippen LogP contribution in [0.5, 0.6) is 0 Å². The Bertz CT molecular complexity index is 710. The number of halogens is 2. The van der Waals surface area contributed by atoms with E-state index in [1.165, 1.54) is 17.4 Å². The molecule has 1 aromatic heterocycles. The molecule has 24 heavy (non-hydrogen) atoms. The van der Waals surface area contributed by atoms with Gasteiger partial charge in [0, 0.05) is 23.2 Å². The highest BCUT2D eigenvalue weighted by Crippen LogP contribution is 2.34. The van der Waals surface area contributed by atoms with Crippen molar-refractivity contribution in [2.45, 2.75) is 26.7 Å². The predicted octanol–water partition coefficient (Wildman–Crippen LogP) is 4.23. The van der Waals surface area contributed by atoms with Crippen molar-refractivity contribution in [3.8, 4) is 0 Å². The van der Waals surface area contributed by atoms with Gasteiger partial charge in [-0.15, -0.1) is 23.7 Å². The first-order valence-corrected chi connectivity index (χ1v) is 9.11. The molecule has 0 radical (unpaired) electrons. The summed E-state index contributed by atoms with van der Waals surface area (Å²) in [4.78, 5) is 15.4. The van der Waals surface area contributed by atoms with E-state index in [1.807, 2.05) is 17.9 Å². The van der Waals surface area contributed by atoms with E-state index in [0.717, 1.165) is 49.3 Å². The number of carbonyl (C=O) groups excluding carboxylic acids is 1. The minimum Gasteiger partial charge on any atom is -0.338 e. The summed E-state index contributed by atoms with van der Waals surface area (Å²) in [5.41, 5.74) is 0.780. The van der Waals surface area contributed by atoms with Crippen molar-refractivity contribution in [1.29, 1.82) is 0 Å². The molecule has 2 heterocycles. The molecule has 0 saturated carbocycles. The Morgan fingerprint density at radius 3 is 2.71 bits per heavy atom. The van der Waals surface area contributed by atoms with Crippen molar-refractivity contribution < 1.29 is 9.18 Å². The van der Waals surface area contributed by atoms with Gasteiger partial charge in [0.05, 0.1) is 4.88 Å². The monoisotopic (exact) mass is 370 g/mol. The fourth-order valence-corrected chi connectivity index (χ4v) is 4.48. The highest BCUT2D eigenvalue weighted by atomic mass is 35.5. The lowest BCUT2D eigenvalue weighted by Crippen LogP contribution is -2.40. The normalized spacial score (nSPS) is 15.5. The molecule has 1 saturated heterocycles. The summed E-state index contributed by atoms with van der Waals surface area (Å²) in [6.07, 6.45) is 2.08. The van der Waals surface area contributed by atoms with Crippen molar-refractivity contribution in [3.63, 3.8) is 0 Å². The topological polar surface area (TPSA) is 32.3 Å². The molecule has 1 aliphatic rings. The van der Waals surface area contributed by atoms with Crippen LogP contribution in [0.2, 0.25) is 0 Å². The van der Waals surface area contributed by atoms with Gasteiger partial charge in [0.25, 0.3) is 5.91 Å². The van der Waals surface area contributed by atoms with Gasteiger partial charge in [-0.3, -0.25) is 4.79 Å². The van der Waals surface area contributed by atoms with Gasteiger partial charge in [0.1, 0.15) is 5.82 Å². The summed E-state index contributed by atoms with van der Waals surface area (Å²) >= 11 is 1.41. The molecule has 6 heteroatoms. The average molecular weight is 371 g/mol. The van der Waals surface area contributed by atoms with Crippen LogP contribution in [-0.4, -0.2) is 37.0 Å². The van der Waals surface area contributed by atoms with Crippen LogP contribution in [-0.2, 0) is 0 Å². The number of piperidine rings is 1. The lowest BCUT2D eigenvalue weighted by atomic mass is 9.96. The number of carbonyl (C=O) groups is 1. The minimum atomic E-state index is -0.236. The molecule has 1 aliphatic heterocycles. The van der Waals surface area contributed by atoms with E-state index < -0.39 is 0 Å². The number of thiophene rings is 1. The lowest BCUT2D eigenvalue weighted by Gasteiger charge is -2.32. The summed E-state index contributed by atoms with van der Waals surface area (Å²) in [7, 11) is 0. The minimum absolute atomic E-state index is 0. The first-order chi connectivity index (χ1) is 11.1. The number of nitrogens with one attached hydrogen (secondary N) is 1. The molecule has 0 atom stereocenters. The maximum atomic E-state index is 14.0. The van der Waals surface area contributed by atoms with Gasteiger partial charge >= 0.3 is 0 Å². The molecule has 132 valence electrons. The molecule has 1 amide bonds. The molecule has 0 aliphatic carbocycles. The van der Waals surface area contributed by atoms with Gasteiger partial charge < -0.3 is 10.2 Å². The third-order valence-corrected chi connectivity index (χ3v) is 5.93. The fraction of sp³-hybridized carbons (Fsp3) is 0.500. The molecular weight excluding hydrogens is 347 g/mol. The predicted molar refractivity (Wildman–Crippen MR) is 101 cm³/mol. The van der Waals surface area contributed by atoms with Gasteiger partial charge in [-0.25, -0.2) is 4.39 Å². The molecule has 3 rings (SSSR count). The Hall–Kier alpha value is -1.17. The molecule has 1 aromatic carbocycles. The van der Waals surface area contributed by atoms with Crippen LogP contribution in [0.1, 0.15) is 35.0 Å². The van der Waals surface area contributed by atoms with E-state index in [0.29, 0.717) is 16.2 Å². The third-order valence-electron chi connectivity index (χ3n) is 4.68. The zero-order valence-electron chi connectivity index (χ0n) is 14.1. The van der Waals surface area contributed by atoms with Crippen molar-refractivity contribution in [3.05, 3.63) is 34.5 Å². The average Bonchev–Trinajstić information content (AvgIpc) is 2.91. The summed E-state index contributed by atoms with van der Waals surface area (Å²) in [5, 5.41) is 3.98. The van der Waals surface area contributed by atoms with E-state index >= 15 is 0 Å². The van der Waals surface area contributed by atoms with Crippen LogP contribution in [0, 0.1) is 18.7 Å². The Labute approximate surface area is 152 Å². The number of likely N-dealkylation sites (tertiary alicyclic amines) is 1. The maximum Gasteiger partial charge on any atom is 0.264 e. The van der Waals surface area contributed by atoms with Crippen LogP contribution in [0.3, 0.4) is 0 Å². The first kappa shape index (κ1) is 19.2. The number of aryl methyl sites for hydroxylation is 1. The van der Waals surface area contributed by atoms with E-state index in [4.69, 9.17) is 0 Å². The summed E-state index contributed by atoms with van der Waals surface area (Å²) in [5.74, 6) is 0.476. The van der Waals surface area contributed by atoms with Gasteiger partial charge in [-0.1, -0.05) is 13.0 Å². The lowest BCUT2D eigenvalue weighted by molar-refractivity contribution is 0.0694. The molecular formula is C18H24ClFN2OS. The Balaban J connectivity index is 0.00000208. The zero-order chi connectivity index (χ0) is 16.4. The van der Waals surface area contributed by atoms with Crippen molar-refractivity contribution >= 4 is 39.7 Å². The third kappa shape index (κ3) is 3.73. The van der Waals surface area contributed by atoms with E-state index in [9.17, 15) is 9.18 Å². The SMILES string of the molecule is CCNCC1CCN(C(=O)c2sc3cccc(F)c3c2C)CC1.Cl. The number of amides is 1. The summed E-state index contributed by atoms with van der Waals surface area (Å²) in [6, 6.07) is 5.05. The molecule has 3 nitrogen and oxygen atoms in total. The quantitative estimate of drug-likeness (QED) is 0.873. The molecule has 0 bridgehead atoms. The van der Waals surface area contributed by atoms with Crippen LogP contribution in [0.4, 0.5) is 4.39 Å². The van der Waals surface area contributed by atoms with Gasteiger partial charge in [0.15, 0.2) is 0 Å². The molecule has 2 aromatic rings.